The third kappa shape index (κ3) is 2.85. The van der Waals surface area contributed by atoms with Gasteiger partial charge in [-0.25, -0.2) is 0 Å². The van der Waals surface area contributed by atoms with Crippen LogP contribution in [0.15, 0.2) is 22.8 Å². The molecule has 1 aliphatic carbocycles. The lowest BCUT2D eigenvalue weighted by atomic mass is 9.70. The van der Waals surface area contributed by atoms with Crippen molar-refractivity contribution < 1.29 is 4.42 Å². The first-order valence-corrected chi connectivity index (χ1v) is 5.94. The molecular weight excluding hydrogens is 186 g/mol. The van der Waals surface area contributed by atoms with Gasteiger partial charge in [0, 0.05) is 19.0 Å². The second-order valence-corrected chi connectivity index (χ2v) is 5.23. The largest absolute Gasteiger partial charge is 0.469 e. The number of nitrogens with one attached hydrogen (secondary N) is 1. The Kier molecular flexibility index (Phi) is 3.15. The fourth-order valence-electron chi connectivity index (χ4n) is 2.18. The Morgan fingerprint density at radius 3 is 2.87 bits per heavy atom. The summed E-state index contributed by atoms with van der Waals surface area (Å²) in [4.78, 5) is 0. The van der Waals surface area contributed by atoms with Gasteiger partial charge in [-0.05, 0) is 37.3 Å². The van der Waals surface area contributed by atoms with Crippen molar-refractivity contribution in [3.8, 4) is 0 Å². The van der Waals surface area contributed by atoms with E-state index in [0.717, 1.165) is 18.7 Å². The van der Waals surface area contributed by atoms with Gasteiger partial charge in [-0.15, -0.1) is 0 Å². The van der Waals surface area contributed by atoms with Crippen LogP contribution in [-0.2, 0) is 6.42 Å². The van der Waals surface area contributed by atoms with Crippen LogP contribution in [0.4, 0.5) is 0 Å². The molecule has 15 heavy (non-hydrogen) atoms. The smallest absolute Gasteiger partial charge is 0.105 e. The minimum absolute atomic E-state index is 0.508. The van der Waals surface area contributed by atoms with Crippen molar-refractivity contribution >= 4 is 0 Å². The Labute approximate surface area is 92.1 Å². The van der Waals surface area contributed by atoms with Crippen LogP contribution in [0.5, 0.6) is 0 Å². The zero-order chi connectivity index (χ0) is 10.7. The Hall–Kier alpha value is -0.760. The molecule has 0 bridgehead atoms. The van der Waals surface area contributed by atoms with E-state index in [4.69, 9.17) is 4.42 Å². The Bertz CT molecular complexity index is 287. The molecule has 2 nitrogen and oxygen atoms in total. The standard InChI is InChI=1S/C13H21NO/c1-11(9-12-5-3-8-15-12)14-10-13(2)6-4-7-13/h3,5,8,11,14H,4,6-7,9-10H2,1-2H3. The maximum absolute atomic E-state index is 5.34. The molecule has 0 aromatic carbocycles. The van der Waals surface area contributed by atoms with Crippen molar-refractivity contribution in [2.45, 2.75) is 45.6 Å². The van der Waals surface area contributed by atoms with Gasteiger partial charge in [0.2, 0.25) is 0 Å². The van der Waals surface area contributed by atoms with Crippen molar-refractivity contribution in [2.24, 2.45) is 5.41 Å². The summed E-state index contributed by atoms with van der Waals surface area (Å²) in [5, 5.41) is 3.60. The topological polar surface area (TPSA) is 25.2 Å². The highest BCUT2D eigenvalue weighted by molar-refractivity contribution is 5.00. The van der Waals surface area contributed by atoms with Crippen LogP contribution in [0.1, 0.15) is 38.9 Å². The Balaban J connectivity index is 1.70. The molecule has 1 aliphatic rings. The first-order valence-electron chi connectivity index (χ1n) is 5.94. The van der Waals surface area contributed by atoms with Crippen molar-refractivity contribution in [3.05, 3.63) is 24.2 Å². The van der Waals surface area contributed by atoms with Crippen LogP contribution in [-0.4, -0.2) is 12.6 Å². The number of hydrogen-bond acceptors (Lipinski definition) is 2. The SMILES string of the molecule is CC(Cc1ccco1)NCC1(C)CCC1. The molecule has 84 valence electrons. The molecule has 1 fully saturated rings. The first kappa shape index (κ1) is 10.7. The summed E-state index contributed by atoms with van der Waals surface area (Å²) in [5.41, 5.74) is 0.567. The molecule has 1 aromatic heterocycles. The molecule has 0 radical (unpaired) electrons. The Morgan fingerprint density at radius 2 is 2.33 bits per heavy atom. The van der Waals surface area contributed by atoms with Gasteiger partial charge < -0.3 is 9.73 Å². The average molecular weight is 207 g/mol. The van der Waals surface area contributed by atoms with Crippen molar-refractivity contribution in [2.75, 3.05) is 6.54 Å². The molecule has 0 saturated heterocycles. The molecule has 1 heterocycles. The summed E-state index contributed by atoms with van der Waals surface area (Å²) < 4.78 is 5.34. The number of rotatable bonds is 5. The third-order valence-electron chi connectivity index (χ3n) is 3.53. The van der Waals surface area contributed by atoms with E-state index in [0.29, 0.717) is 11.5 Å². The minimum Gasteiger partial charge on any atom is -0.469 e. The molecule has 2 heteroatoms. The van der Waals surface area contributed by atoms with Gasteiger partial charge in [-0.2, -0.15) is 0 Å². The summed E-state index contributed by atoms with van der Waals surface area (Å²) >= 11 is 0. The molecule has 1 unspecified atom stereocenters. The van der Waals surface area contributed by atoms with E-state index in [1.807, 2.05) is 12.1 Å². The molecule has 0 amide bonds. The third-order valence-corrected chi connectivity index (χ3v) is 3.53. The highest BCUT2D eigenvalue weighted by Gasteiger charge is 2.31. The minimum atomic E-state index is 0.508. The fourth-order valence-corrected chi connectivity index (χ4v) is 2.18. The second-order valence-electron chi connectivity index (χ2n) is 5.23. The van der Waals surface area contributed by atoms with Gasteiger partial charge in [0.15, 0.2) is 0 Å². The van der Waals surface area contributed by atoms with Crippen LogP contribution in [0.3, 0.4) is 0 Å². The van der Waals surface area contributed by atoms with E-state index >= 15 is 0 Å². The summed E-state index contributed by atoms with van der Waals surface area (Å²) in [6, 6.07) is 4.51. The van der Waals surface area contributed by atoms with E-state index in [9.17, 15) is 0 Å². The maximum Gasteiger partial charge on any atom is 0.105 e. The summed E-state index contributed by atoms with van der Waals surface area (Å²) in [6.45, 7) is 5.75. The van der Waals surface area contributed by atoms with E-state index in [1.54, 1.807) is 6.26 Å². The highest BCUT2D eigenvalue weighted by Crippen LogP contribution is 2.39. The number of hydrogen-bond donors (Lipinski definition) is 1. The predicted octanol–water partition coefficient (Wildman–Crippen LogP) is 2.99. The predicted molar refractivity (Wildman–Crippen MR) is 61.8 cm³/mol. The zero-order valence-corrected chi connectivity index (χ0v) is 9.75. The Morgan fingerprint density at radius 1 is 1.53 bits per heavy atom. The van der Waals surface area contributed by atoms with Crippen LogP contribution < -0.4 is 5.32 Å². The second kappa shape index (κ2) is 4.40. The quantitative estimate of drug-likeness (QED) is 0.803. The lowest BCUT2D eigenvalue weighted by Crippen LogP contribution is -2.41. The molecule has 1 saturated carbocycles. The molecule has 2 rings (SSSR count). The van der Waals surface area contributed by atoms with Gasteiger partial charge in [0.05, 0.1) is 6.26 Å². The maximum atomic E-state index is 5.34. The fraction of sp³-hybridized carbons (Fsp3) is 0.692. The lowest BCUT2D eigenvalue weighted by molar-refractivity contribution is 0.151. The van der Waals surface area contributed by atoms with E-state index in [2.05, 4.69) is 19.2 Å². The normalized spacial score (nSPS) is 20.9. The number of furan rings is 1. The van der Waals surface area contributed by atoms with Gasteiger partial charge in [-0.1, -0.05) is 13.3 Å². The van der Waals surface area contributed by atoms with Crippen molar-refractivity contribution in [3.63, 3.8) is 0 Å². The molecule has 1 aromatic rings. The van der Waals surface area contributed by atoms with Crippen molar-refractivity contribution in [1.82, 2.24) is 5.32 Å². The molecular formula is C13H21NO. The van der Waals surface area contributed by atoms with Crippen LogP contribution in [0.2, 0.25) is 0 Å². The zero-order valence-electron chi connectivity index (χ0n) is 9.75. The molecule has 1 atom stereocenters. The molecule has 0 aliphatic heterocycles. The summed E-state index contributed by atoms with van der Waals surface area (Å²) in [5.74, 6) is 1.08. The van der Waals surface area contributed by atoms with Gasteiger partial charge in [0.25, 0.3) is 0 Å². The van der Waals surface area contributed by atoms with Crippen LogP contribution in [0, 0.1) is 5.41 Å². The summed E-state index contributed by atoms with van der Waals surface area (Å²) in [7, 11) is 0. The van der Waals surface area contributed by atoms with Gasteiger partial charge in [0.1, 0.15) is 5.76 Å². The van der Waals surface area contributed by atoms with Crippen LogP contribution >= 0.6 is 0 Å². The summed E-state index contributed by atoms with van der Waals surface area (Å²) in [6.07, 6.45) is 6.91. The molecule has 1 N–H and O–H groups in total. The van der Waals surface area contributed by atoms with E-state index in [1.165, 1.54) is 19.3 Å². The first-order chi connectivity index (χ1) is 7.18. The lowest BCUT2D eigenvalue weighted by Gasteiger charge is -2.39. The van der Waals surface area contributed by atoms with E-state index in [-0.39, 0.29) is 0 Å². The van der Waals surface area contributed by atoms with E-state index < -0.39 is 0 Å². The van der Waals surface area contributed by atoms with Crippen LogP contribution in [0.25, 0.3) is 0 Å². The van der Waals surface area contributed by atoms with Crippen molar-refractivity contribution in [1.29, 1.82) is 0 Å². The highest BCUT2D eigenvalue weighted by atomic mass is 16.3. The monoisotopic (exact) mass is 207 g/mol. The average Bonchev–Trinajstić information content (AvgIpc) is 2.64. The van der Waals surface area contributed by atoms with Gasteiger partial charge >= 0.3 is 0 Å². The van der Waals surface area contributed by atoms with Gasteiger partial charge in [-0.3, -0.25) is 0 Å². The molecule has 0 spiro atoms.